The number of phenolic OH excluding ortho intramolecular Hbond substituents is 1. The molecule has 222 valence electrons. The van der Waals surface area contributed by atoms with Crippen molar-refractivity contribution in [2.75, 3.05) is 13.6 Å². The number of phenols is 1. The lowest BCUT2D eigenvalue weighted by Crippen LogP contribution is -2.74. The Bertz CT molecular complexity index is 1330. The minimum absolute atomic E-state index is 0.0565. The minimum atomic E-state index is -1.36. The van der Waals surface area contributed by atoms with Crippen molar-refractivity contribution in [3.8, 4) is 11.5 Å². The molecule has 2 heterocycles. The normalized spacial score (nSPS) is 29.6. The lowest BCUT2D eigenvalue weighted by atomic mass is 9.50. The predicted molar refractivity (Wildman–Crippen MR) is 141 cm³/mol. The fourth-order valence-electron chi connectivity index (χ4n) is 6.75. The number of nitrogens with one attached hydrogen (secondary N) is 1. The van der Waals surface area contributed by atoms with Crippen molar-refractivity contribution >= 4 is 23.8 Å². The lowest BCUT2D eigenvalue weighted by Gasteiger charge is -2.61. The summed E-state index contributed by atoms with van der Waals surface area (Å²) in [4.78, 5) is 50.6. The molecule has 2 bridgehead atoms. The van der Waals surface area contributed by atoms with Crippen LogP contribution >= 0.6 is 0 Å². The number of likely N-dealkylation sites (tertiary alicyclic amines) is 1. The van der Waals surface area contributed by atoms with E-state index in [1.165, 1.54) is 13.8 Å². The maximum absolute atomic E-state index is 13.1. The van der Waals surface area contributed by atoms with Crippen molar-refractivity contribution in [2.24, 2.45) is 5.73 Å². The first-order valence-corrected chi connectivity index (χ1v) is 13.6. The molecule has 2 aliphatic heterocycles. The number of amides is 1. The van der Waals surface area contributed by atoms with Gasteiger partial charge in [0.2, 0.25) is 5.91 Å². The fraction of sp³-hybridized carbons (Fsp3) is 0.571. The number of carbonyl (C=O) groups excluding carboxylic acids is 3. The number of nitrogens with zero attached hydrogens (tertiary/aromatic N) is 1. The molecule has 7 atom stereocenters. The van der Waals surface area contributed by atoms with E-state index in [1.54, 1.807) is 12.1 Å². The Morgan fingerprint density at radius 2 is 1.98 bits per heavy atom. The number of carboxylic acids is 1. The SMILES string of the molecule is CC(NC(=O)C(N)CCC(=O)O)C(=O)OC(C)C(=O)OC1=CC[C@@]2(O)[C@H]3Cc4ccc(O)c5c4[C@@]2(CCN3C)[C@H]1O5. The maximum Gasteiger partial charge on any atom is 0.352 e. The van der Waals surface area contributed by atoms with Crippen LogP contribution < -0.4 is 15.8 Å². The summed E-state index contributed by atoms with van der Waals surface area (Å²) in [5, 5.41) is 33.9. The highest BCUT2D eigenvalue weighted by Gasteiger charge is 2.72. The number of likely N-dealkylation sites (N-methyl/N-ethyl adjacent to an activating group) is 1. The summed E-state index contributed by atoms with van der Waals surface area (Å²) in [6.45, 7) is 3.34. The monoisotopic (exact) mass is 573 g/mol. The average Bonchev–Trinajstić information content (AvgIpc) is 3.28. The number of aliphatic hydroxyl groups is 1. The molecule has 13 nitrogen and oxygen atoms in total. The van der Waals surface area contributed by atoms with E-state index in [1.807, 2.05) is 13.1 Å². The second-order valence-electron chi connectivity index (χ2n) is 11.4. The molecule has 5 rings (SSSR count). The third-order valence-electron chi connectivity index (χ3n) is 8.92. The zero-order valence-corrected chi connectivity index (χ0v) is 23.1. The van der Waals surface area contributed by atoms with Gasteiger partial charge in [-0.05, 0) is 64.4 Å². The maximum atomic E-state index is 13.1. The van der Waals surface area contributed by atoms with Gasteiger partial charge in [-0.1, -0.05) is 6.07 Å². The average molecular weight is 574 g/mol. The number of aromatic hydroxyl groups is 1. The zero-order chi connectivity index (χ0) is 29.9. The van der Waals surface area contributed by atoms with E-state index in [4.69, 9.17) is 25.1 Å². The Kier molecular flexibility index (Phi) is 7.24. The number of ether oxygens (including phenoxy) is 3. The predicted octanol–water partition coefficient (Wildman–Crippen LogP) is -0.158. The quantitative estimate of drug-likeness (QED) is 0.245. The molecule has 1 amide bonds. The van der Waals surface area contributed by atoms with Gasteiger partial charge in [-0.15, -0.1) is 0 Å². The Morgan fingerprint density at radius 3 is 2.68 bits per heavy atom. The topological polar surface area (TPSA) is 198 Å². The Morgan fingerprint density at radius 1 is 1.24 bits per heavy atom. The van der Waals surface area contributed by atoms with Crippen LogP contribution in [0, 0.1) is 0 Å². The molecule has 1 spiro atoms. The van der Waals surface area contributed by atoms with Crippen molar-refractivity contribution in [3.63, 3.8) is 0 Å². The number of esters is 2. The van der Waals surface area contributed by atoms with Crippen molar-refractivity contribution in [2.45, 2.75) is 87.3 Å². The van der Waals surface area contributed by atoms with Gasteiger partial charge in [0.25, 0.3) is 0 Å². The summed E-state index contributed by atoms with van der Waals surface area (Å²) in [6, 6.07) is 0.918. The second-order valence-corrected chi connectivity index (χ2v) is 11.4. The molecule has 1 saturated heterocycles. The van der Waals surface area contributed by atoms with Gasteiger partial charge in [-0.25, -0.2) is 9.59 Å². The van der Waals surface area contributed by atoms with Crippen LogP contribution in [0.3, 0.4) is 0 Å². The number of piperidine rings is 1. The minimum Gasteiger partial charge on any atom is -0.504 e. The summed E-state index contributed by atoms with van der Waals surface area (Å²) in [7, 11) is 1.97. The van der Waals surface area contributed by atoms with Crippen molar-refractivity contribution < 1.29 is 48.7 Å². The van der Waals surface area contributed by atoms with Crippen LogP contribution in [0.5, 0.6) is 11.5 Å². The van der Waals surface area contributed by atoms with Crippen molar-refractivity contribution in [3.05, 3.63) is 35.1 Å². The van der Waals surface area contributed by atoms with Crippen LogP contribution in [-0.2, 0) is 40.5 Å². The number of carboxylic acid groups (broad SMARTS) is 1. The first-order valence-electron chi connectivity index (χ1n) is 13.6. The van der Waals surface area contributed by atoms with Crippen LogP contribution in [0.2, 0.25) is 0 Å². The van der Waals surface area contributed by atoms with Crippen molar-refractivity contribution in [1.82, 2.24) is 10.2 Å². The molecule has 0 radical (unpaired) electrons. The molecule has 1 fully saturated rings. The first kappa shape index (κ1) is 28.8. The fourth-order valence-corrected chi connectivity index (χ4v) is 6.75. The standard InChI is InChI=1S/C28H35N3O10/c1-13(30-24(35)16(29)5-7-20(33)34)25(36)39-14(2)26(37)40-18-8-9-28(38)19-12-15-4-6-17(32)22-21(15)27(28,23(18)41-22)10-11-31(19)3/h4,6,8,13-14,16,19,23,32,38H,5,7,9-12,29H2,1-3H3,(H,30,35)(H,33,34)/t13?,14?,16?,19-,23+,27+,28-/m1/s1. The van der Waals surface area contributed by atoms with Gasteiger partial charge in [0, 0.05) is 24.4 Å². The van der Waals surface area contributed by atoms with Crippen LogP contribution in [0.4, 0.5) is 0 Å². The molecular weight excluding hydrogens is 538 g/mol. The number of hydrogen-bond acceptors (Lipinski definition) is 11. The highest BCUT2D eigenvalue weighted by molar-refractivity contribution is 5.88. The molecule has 3 unspecified atom stereocenters. The van der Waals surface area contributed by atoms with Crippen LogP contribution in [-0.4, -0.2) is 93.6 Å². The summed E-state index contributed by atoms with van der Waals surface area (Å²) >= 11 is 0. The molecule has 0 aromatic heterocycles. The molecule has 0 saturated carbocycles. The van der Waals surface area contributed by atoms with Crippen molar-refractivity contribution in [1.29, 1.82) is 0 Å². The number of rotatable bonds is 9. The third-order valence-corrected chi connectivity index (χ3v) is 8.92. The summed E-state index contributed by atoms with van der Waals surface area (Å²) < 4.78 is 17.2. The molecule has 13 heteroatoms. The van der Waals surface area contributed by atoms with Gasteiger partial charge >= 0.3 is 17.9 Å². The van der Waals surface area contributed by atoms with E-state index >= 15 is 0 Å². The summed E-state index contributed by atoms with van der Waals surface area (Å²) in [5.41, 5.74) is 5.23. The lowest BCUT2D eigenvalue weighted by molar-refractivity contribution is -0.176. The van der Waals surface area contributed by atoms with E-state index in [2.05, 4.69) is 10.2 Å². The van der Waals surface area contributed by atoms with Crippen LogP contribution in [0.25, 0.3) is 0 Å². The zero-order valence-electron chi connectivity index (χ0n) is 23.1. The molecule has 2 aliphatic carbocycles. The Labute approximate surface area is 236 Å². The van der Waals surface area contributed by atoms with Gasteiger partial charge in [0.15, 0.2) is 23.7 Å². The van der Waals surface area contributed by atoms with E-state index in [0.29, 0.717) is 19.4 Å². The van der Waals surface area contributed by atoms with E-state index in [-0.39, 0.29) is 42.6 Å². The molecule has 1 aromatic rings. The Balaban J connectivity index is 1.29. The molecule has 41 heavy (non-hydrogen) atoms. The van der Waals surface area contributed by atoms with Gasteiger partial charge in [-0.2, -0.15) is 0 Å². The number of hydrogen-bond donors (Lipinski definition) is 5. The number of benzene rings is 1. The van der Waals surface area contributed by atoms with Gasteiger partial charge in [0.05, 0.1) is 17.1 Å². The molecule has 4 aliphatic rings. The molecular formula is C28H35N3O10. The van der Waals surface area contributed by atoms with E-state index < -0.39 is 59.1 Å². The third kappa shape index (κ3) is 4.52. The van der Waals surface area contributed by atoms with Gasteiger partial charge < -0.3 is 45.5 Å². The van der Waals surface area contributed by atoms with Crippen LogP contribution in [0.15, 0.2) is 24.0 Å². The highest BCUT2D eigenvalue weighted by atomic mass is 16.6. The Hall–Kier alpha value is -3.68. The molecule has 1 aromatic carbocycles. The van der Waals surface area contributed by atoms with Gasteiger partial charge in [0.1, 0.15) is 11.8 Å². The number of aliphatic carboxylic acids is 1. The second kappa shape index (κ2) is 10.3. The number of nitrogens with two attached hydrogens (primary N) is 1. The summed E-state index contributed by atoms with van der Waals surface area (Å²) in [5.74, 6) is -3.23. The number of carbonyl (C=O) groups is 4. The van der Waals surface area contributed by atoms with E-state index in [0.717, 1.165) is 11.1 Å². The summed E-state index contributed by atoms with van der Waals surface area (Å²) in [6.07, 6.45) is 0.260. The van der Waals surface area contributed by atoms with Crippen LogP contribution in [0.1, 0.15) is 50.7 Å². The first-order chi connectivity index (χ1) is 19.3. The smallest absolute Gasteiger partial charge is 0.352 e. The van der Waals surface area contributed by atoms with Gasteiger partial charge in [-0.3, -0.25) is 9.59 Å². The largest absolute Gasteiger partial charge is 0.504 e. The highest BCUT2D eigenvalue weighted by Crippen LogP contribution is 2.65. The molecule has 6 N–H and O–H groups in total. The van der Waals surface area contributed by atoms with E-state index in [9.17, 15) is 29.4 Å².